The largest absolute Gasteiger partial charge is 0.492 e. The zero-order valence-electron chi connectivity index (χ0n) is 13.3. The maximum atomic E-state index is 14.0. The van der Waals surface area contributed by atoms with Crippen LogP contribution in [0, 0.1) is 5.82 Å². The second kappa shape index (κ2) is 7.21. The Morgan fingerprint density at radius 1 is 1.28 bits per heavy atom. The van der Waals surface area contributed by atoms with E-state index in [9.17, 15) is 9.18 Å². The number of rotatable bonds is 4. The van der Waals surface area contributed by atoms with Gasteiger partial charge < -0.3 is 10.1 Å². The quantitative estimate of drug-likeness (QED) is 0.643. The highest BCUT2D eigenvalue weighted by molar-refractivity contribution is 7.80. The number of amides is 1. The van der Waals surface area contributed by atoms with E-state index in [-0.39, 0.29) is 21.4 Å². The van der Waals surface area contributed by atoms with Gasteiger partial charge in [-0.1, -0.05) is 29.8 Å². The first kappa shape index (κ1) is 17.4. The monoisotopic (exact) mass is 376 g/mol. The maximum Gasteiger partial charge on any atom is 0.281 e. The van der Waals surface area contributed by atoms with Crippen molar-refractivity contribution in [1.82, 2.24) is 5.32 Å². The van der Waals surface area contributed by atoms with E-state index < -0.39 is 11.7 Å². The average Bonchev–Trinajstić information content (AvgIpc) is 2.86. The maximum absolute atomic E-state index is 14.0. The van der Waals surface area contributed by atoms with Gasteiger partial charge in [0.15, 0.2) is 5.11 Å². The zero-order valence-corrected chi connectivity index (χ0v) is 14.8. The number of para-hydroxylation sites is 2. The molecule has 0 aromatic heterocycles. The minimum absolute atomic E-state index is 0.128. The Labute approximate surface area is 154 Å². The molecule has 0 bridgehead atoms. The molecule has 0 atom stereocenters. The first-order chi connectivity index (χ1) is 12.0. The van der Waals surface area contributed by atoms with E-state index in [1.165, 1.54) is 23.1 Å². The summed E-state index contributed by atoms with van der Waals surface area (Å²) in [6, 6.07) is 11.4. The highest BCUT2D eigenvalue weighted by Gasteiger charge is 2.34. The predicted molar refractivity (Wildman–Crippen MR) is 100 cm³/mol. The van der Waals surface area contributed by atoms with Crippen molar-refractivity contribution in [3.05, 3.63) is 64.6 Å². The molecule has 4 nitrogen and oxygen atoms in total. The van der Waals surface area contributed by atoms with E-state index in [1.54, 1.807) is 30.3 Å². The van der Waals surface area contributed by atoms with Crippen molar-refractivity contribution in [2.45, 2.75) is 6.92 Å². The summed E-state index contributed by atoms with van der Waals surface area (Å²) in [5.74, 6) is -0.391. The van der Waals surface area contributed by atoms with Crippen LogP contribution in [0.1, 0.15) is 12.5 Å². The molecule has 128 valence electrons. The average molecular weight is 377 g/mol. The molecule has 1 heterocycles. The fraction of sp³-hybridized carbons (Fsp3) is 0.111. The molecule has 1 amide bonds. The van der Waals surface area contributed by atoms with E-state index in [0.29, 0.717) is 18.0 Å². The lowest BCUT2D eigenvalue weighted by atomic mass is 10.1. The summed E-state index contributed by atoms with van der Waals surface area (Å²) in [6.07, 6.45) is 1.36. The van der Waals surface area contributed by atoms with Crippen LogP contribution < -0.4 is 15.0 Å². The minimum Gasteiger partial charge on any atom is -0.492 e. The van der Waals surface area contributed by atoms with Crippen LogP contribution in [0.4, 0.5) is 10.1 Å². The first-order valence-electron chi connectivity index (χ1n) is 7.56. The van der Waals surface area contributed by atoms with Crippen LogP contribution in [0.3, 0.4) is 0 Å². The van der Waals surface area contributed by atoms with Gasteiger partial charge in [-0.15, -0.1) is 0 Å². The third-order valence-electron chi connectivity index (χ3n) is 3.57. The molecule has 1 aliphatic heterocycles. The van der Waals surface area contributed by atoms with Crippen LogP contribution in [-0.2, 0) is 4.79 Å². The van der Waals surface area contributed by atoms with E-state index >= 15 is 0 Å². The zero-order chi connectivity index (χ0) is 18.0. The van der Waals surface area contributed by atoms with Gasteiger partial charge in [-0.25, -0.2) is 9.29 Å². The van der Waals surface area contributed by atoms with Gasteiger partial charge in [0.2, 0.25) is 0 Å². The Kier molecular flexibility index (Phi) is 5.01. The molecule has 2 aromatic carbocycles. The normalized spacial score (nSPS) is 15.6. The number of benzene rings is 2. The van der Waals surface area contributed by atoms with Crippen LogP contribution >= 0.6 is 23.8 Å². The first-order valence-corrected chi connectivity index (χ1v) is 8.34. The number of nitrogens with zero attached hydrogens (tertiary/aromatic N) is 1. The van der Waals surface area contributed by atoms with Crippen molar-refractivity contribution in [1.29, 1.82) is 0 Å². The van der Waals surface area contributed by atoms with Gasteiger partial charge in [0.05, 0.1) is 17.3 Å². The topological polar surface area (TPSA) is 41.6 Å². The summed E-state index contributed by atoms with van der Waals surface area (Å²) in [5, 5.41) is 3.21. The summed E-state index contributed by atoms with van der Waals surface area (Å²) < 4.78 is 19.5. The minimum atomic E-state index is -0.520. The van der Waals surface area contributed by atoms with Crippen LogP contribution in [0.25, 0.3) is 6.08 Å². The third-order valence-corrected chi connectivity index (χ3v) is 4.19. The fourth-order valence-corrected chi connectivity index (χ4v) is 2.98. The van der Waals surface area contributed by atoms with Gasteiger partial charge in [0, 0.05) is 5.56 Å². The van der Waals surface area contributed by atoms with E-state index in [0.717, 1.165) is 0 Å². The summed E-state index contributed by atoms with van der Waals surface area (Å²) in [4.78, 5) is 14.1. The van der Waals surface area contributed by atoms with E-state index in [4.69, 9.17) is 28.6 Å². The number of anilines is 1. The van der Waals surface area contributed by atoms with Gasteiger partial charge >= 0.3 is 0 Å². The Bertz CT molecular complexity index is 865. The smallest absolute Gasteiger partial charge is 0.281 e. The number of thiocarbonyl (C=S) groups is 1. The molecule has 1 fully saturated rings. The van der Waals surface area contributed by atoms with E-state index in [2.05, 4.69) is 5.32 Å². The van der Waals surface area contributed by atoms with Crippen molar-refractivity contribution < 1.29 is 13.9 Å². The number of ether oxygens (including phenoxy) is 1. The Balaban J connectivity index is 2.00. The van der Waals surface area contributed by atoms with Crippen LogP contribution in [0.15, 0.2) is 48.2 Å². The second-order valence-corrected chi connectivity index (χ2v) is 5.96. The SMILES string of the molecule is CCOc1ccccc1N1C(=O)/C(=C\c2c(F)cccc2Cl)NC1=S. The number of hydrogen-bond donors (Lipinski definition) is 1. The molecule has 0 unspecified atom stereocenters. The number of halogens is 2. The van der Waals surface area contributed by atoms with Crippen molar-refractivity contribution in [2.24, 2.45) is 0 Å². The summed E-state index contributed by atoms with van der Waals surface area (Å²) in [6.45, 7) is 2.30. The molecule has 1 N–H and O–H groups in total. The van der Waals surface area contributed by atoms with Gasteiger partial charge in [0.1, 0.15) is 17.3 Å². The number of carbonyl (C=O) groups is 1. The standard InChI is InChI=1S/C18H14ClFN2O2S/c1-2-24-16-9-4-3-8-15(16)22-17(23)14(21-18(22)25)10-11-12(19)6-5-7-13(11)20/h3-10H,2H2,1H3,(H,21,25)/b14-10+. The third kappa shape index (κ3) is 3.36. The Morgan fingerprint density at radius 2 is 2.04 bits per heavy atom. The predicted octanol–water partition coefficient (Wildman–Crippen LogP) is 4.14. The van der Waals surface area contributed by atoms with Crippen LogP contribution in [-0.4, -0.2) is 17.6 Å². The van der Waals surface area contributed by atoms with Gasteiger partial charge in [-0.05, 0) is 49.5 Å². The summed E-state index contributed by atoms with van der Waals surface area (Å²) in [5.41, 5.74) is 0.793. The Morgan fingerprint density at radius 3 is 2.76 bits per heavy atom. The van der Waals surface area contributed by atoms with Crippen molar-refractivity contribution in [3.63, 3.8) is 0 Å². The van der Waals surface area contributed by atoms with Crippen LogP contribution in [0.5, 0.6) is 5.75 Å². The molecule has 2 aromatic rings. The molecular weight excluding hydrogens is 363 g/mol. The molecule has 0 radical (unpaired) electrons. The van der Waals surface area contributed by atoms with Crippen molar-refractivity contribution >= 4 is 46.6 Å². The van der Waals surface area contributed by atoms with E-state index in [1.807, 2.05) is 6.92 Å². The van der Waals surface area contributed by atoms with Gasteiger partial charge in [-0.3, -0.25) is 4.79 Å². The molecule has 0 aliphatic carbocycles. The van der Waals surface area contributed by atoms with Crippen molar-refractivity contribution in [2.75, 3.05) is 11.5 Å². The van der Waals surface area contributed by atoms with Gasteiger partial charge in [0.25, 0.3) is 5.91 Å². The fourth-order valence-electron chi connectivity index (χ4n) is 2.47. The lowest BCUT2D eigenvalue weighted by Crippen LogP contribution is -2.30. The summed E-state index contributed by atoms with van der Waals surface area (Å²) in [7, 11) is 0. The lowest BCUT2D eigenvalue weighted by molar-refractivity contribution is -0.113. The molecule has 25 heavy (non-hydrogen) atoms. The second-order valence-electron chi connectivity index (χ2n) is 5.16. The molecule has 0 spiro atoms. The highest BCUT2D eigenvalue weighted by atomic mass is 35.5. The number of carbonyl (C=O) groups excluding carboxylic acids is 1. The molecule has 1 aliphatic rings. The molecule has 7 heteroatoms. The molecule has 3 rings (SSSR count). The molecule has 1 saturated heterocycles. The molecule has 0 saturated carbocycles. The lowest BCUT2D eigenvalue weighted by Gasteiger charge is -2.17. The number of hydrogen-bond acceptors (Lipinski definition) is 3. The van der Waals surface area contributed by atoms with Crippen molar-refractivity contribution in [3.8, 4) is 5.75 Å². The van der Waals surface area contributed by atoms with Gasteiger partial charge in [-0.2, -0.15) is 0 Å². The Hall–Kier alpha value is -2.44. The molecular formula is C18H14ClFN2O2S. The highest BCUT2D eigenvalue weighted by Crippen LogP contribution is 2.32. The summed E-state index contributed by atoms with van der Waals surface area (Å²) >= 11 is 11.3. The van der Waals surface area contributed by atoms with Crippen LogP contribution in [0.2, 0.25) is 5.02 Å². The number of nitrogens with one attached hydrogen (secondary N) is 1.